The van der Waals surface area contributed by atoms with Crippen molar-refractivity contribution in [1.29, 1.82) is 0 Å². The van der Waals surface area contributed by atoms with E-state index in [2.05, 4.69) is 12.2 Å². The summed E-state index contributed by atoms with van der Waals surface area (Å²) in [5, 5.41) is 12.9. The average Bonchev–Trinajstić information content (AvgIpc) is 3.21. The zero-order valence-corrected chi connectivity index (χ0v) is 11.8. The fraction of sp³-hybridized carbons (Fsp3) is 0.571. The minimum Gasteiger partial charge on any atom is -0.394 e. The molecule has 2 unspecified atom stereocenters. The molecule has 2 atom stereocenters. The predicted molar refractivity (Wildman–Crippen MR) is 73.8 cm³/mol. The first-order valence-corrected chi connectivity index (χ1v) is 7.89. The van der Waals surface area contributed by atoms with Gasteiger partial charge in [0.25, 0.3) is 0 Å². The van der Waals surface area contributed by atoms with E-state index in [1.54, 1.807) is 6.26 Å². The molecule has 0 heterocycles. The molecular weight excluding hydrogens is 246 g/mol. The van der Waals surface area contributed by atoms with Crippen LogP contribution in [0.4, 0.5) is 0 Å². The smallest absolute Gasteiger partial charge is 0.0613 e. The third-order valence-corrected chi connectivity index (χ3v) is 4.69. The summed E-state index contributed by atoms with van der Waals surface area (Å²) in [6, 6.07) is 7.80. The zero-order chi connectivity index (χ0) is 13.2. The molecule has 0 saturated heterocycles. The van der Waals surface area contributed by atoms with E-state index in [-0.39, 0.29) is 12.1 Å². The molecule has 1 fully saturated rings. The van der Waals surface area contributed by atoms with E-state index < -0.39 is 10.8 Å². The normalized spacial score (nSPS) is 20.4. The van der Waals surface area contributed by atoms with Crippen molar-refractivity contribution in [3.63, 3.8) is 0 Å². The van der Waals surface area contributed by atoms with Gasteiger partial charge in [-0.15, -0.1) is 0 Å². The summed E-state index contributed by atoms with van der Waals surface area (Å²) in [6.45, 7) is 3.00. The number of hydrogen-bond donors (Lipinski definition) is 2. The van der Waals surface area contributed by atoms with Crippen LogP contribution in [0.5, 0.6) is 0 Å². The van der Waals surface area contributed by atoms with Crippen LogP contribution in [0, 0.1) is 5.92 Å². The number of nitrogens with one attached hydrogen (secondary N) is 1. The molecule has 0 amide bonds. The van der Waals surface area contributed by atoms with E-state index in [1.807, 2.05) is 24.3 Å². The maximum atomic E-state index is 11.3. The first-order chi connectivity index (χ1) is 8.55. The highest BCUT2D eigenvalue weighted by molar-refractivity contribution is 7.84. The SMILES string of the molecule is CS(=O)c1ccc(CNC(C)(CO)C2CC2)cc1. The number of benzene rings is 1. The minimum absolute atomic E-state index is 0.160. The third kappa shape index (κ3) is 3.19. The van der Waals surface area contributed by atoms with Gasteiger partial charge in [-0.25, -0.2) is 0 Å². The van der Waals surface area contributed by atoms with Gasteiger partial charge in [0.15, 0.2) is 0 Å². The summed E-state index contributed by atoms with van der Waals surface area (Å²) < 4.78 is 11.3. The van der Waals surface area contributed by atoms with Crippen LogP contribution in [-0.4, -0.2) is 27.7 Å². The van der Waals surface area contributed by atoms with Crippen LogP contribution in [0.2, 0.25) is 0 Å². The number of aliphatic hydroxyl groups excluding tert-OH is 1. The molecule has 18 heavy (non-hydrogen) atoms. The van der Waals surface area contributed by atoms with Gasteiger partial charge in [-0.05, 0) is 43.4 Å². The second kappa shape index (κ2) is 5.51. The van der Waals surface area contributed by atoms with Crippen molar-refractivity contribution >= 4 is 10.8 Å². The summed E-state index contributed by atoms with van der Waals surface area (Å²) in [7, 11) is -0.918. The van der Waals surface area contributed by atoms with Crippen LogP contribution in [0.1, 0.15) is 25.3 Å². The molecule has 0 radical (unpaired) electrons. The quantitative estimate of drug-likeness (QED) is 0.824. The van der Waals surface area contributed by atoms with Crippen molar-refractivity contribution in [3.05, 3.63) is 29.8 Å². The summed E-state index contributed by atoms with van der Waals surface area (Å²) in [4.78, 5) is 0.853. The van der Waals surface area contributed by atoms with Crippen molar-refractivity contribution in [1.82, 2.24) is 5.32 Å². The largest absolute Gasteiger partial charge is 0.394 e. The topological polar surface area (TPSA) is 49.3 Å². The average molecular weight is 267 g/mol. The first-order valence-electron chi connectivity index (χ1n) is 6.33. The lowest BCUT2D eigenvalue weighted by atomic mass is 9.96. The summed E-state index contributed by atoms with van der Waals surface area (Å²) in [6.07, 6.45) is 4.10. The molecule has 1 aliphatic rings. The molecule has 0 aromatic heterocycles. The number of rotatable bonds is 6. The van der Waals surface area contributed by atoms with Crippen LogP contribution in [0.15, 0.2) is 29.2 Å². The van der Waals surface area contributed by atoms with Crippen molar-refractivity contribution < 1.29 is 9.32 Å². The van der Waals surface area contributed by atoms with Gasteiger partial charge in [-0.2, -0.15) is 0 Å². The summed E-state index contributed by atoms with van der Waals surface area (Å²) in [5.74, 6) is 0.602. The molecule has 3 nitrogen and oxygen atoms in total. The Morgan fingerprint density at radius 3 is 2.44 bits per heavy atom. The Morgan fingerprint density at radius 1 is 1.39 bits per heavy atom. The molecule has 0 spiro atoms. The molecule has 1 saturated carbocycles. The molecule has 1 aliphatic carbocycles. The monoisotopic (exact) mass is 267 g/mol. The molecule has 0 aliphatic heterocycles. The molecule has 1 aromatic rings. The summed E-state index contributed by atoms with van der Waals surface area (Å²) in [5.41, 5.74) is 0.996. The Balaban J connectivity index is 1.95. The zero-order valence-electron chi connectivity index (χ0n) is 11.0. The standard InChI is InChI=1S/C14H21NO2S/c1-14(10-16,12-5-6-12)15-9-11-3-7-13(8-4-11)18(2)17/h3-4,7-8,12,15-16H,5-6,9-10H2,1-2H3. The highest BCUT2D eigenvalue weighted by Crippen LogP contribution is 2.39. The molecule has 100 valence electrons. The van der Waals surface area contributed by atoms with Gasteiger partial charge in [0, 0.05) is 34.0 Å². The van der Waals surface area contributed by atoms with Gasteiger partial charge in [-0.1, -0.05) is 12.1 Å². The van der Waals surface area contributed by atoms with Crippen LogP contribution < -0.4 is 5.32 Å². The number of aliphatic hydroxyl groups is 1. The van der Waals surface area contributed by atoms with E-state index in [0.29, 0.717) is 5.92 Å². The maximum absolute atomic E-state index is 11.3. The maximum Gasteiger partial charge on any atom is 0.0613 e. The third-order valence-electron chi connectivity index (χ3n) is 3.76. The van der Waals surface area contributed by atoms with Gasteiger partial charge in [-0.3, -0.25) is 4.21 Å². The predicted octanol–water partition coefficient (Wildman–Crippen LogP) is 1.67. The van der Waals surface area contributed by atoms with Crippen LogP contribution in [-0.2, 0) is 17.3 Å². The Bertz CT molecular complexity index is 428. The number of hydrogen-bond acceptors (Lipinski definition) is 3. The molecule has 2 N–H and O–H groups in total. The Morgan fingerprint density at radius 2 is 2.00 bits per heavy atom. The highest BCUT2D eigenvalue weighted by atomic mass is 32.2. The van der Waals surface area contributed by atoms with Crippen LogP contribution >= 0.6 is 0 Å². The molecular formula is C14H21NO2S. The fourth-order valence-corrected chi connectivity index (χ4v) is 2.67. The Kier molecular flexibility index (Phi) is 4.20. The van der Waals surface area contributed by atoms with E-state index >= 15 is 0 Å². The second-order valence-electron chi connectivity index (χ2n) is 5.30. The lowest BCUT2D eigenvalue weighted by molar-refractivity contribution is 0.153. The second-order valence-corrected chi connectivity index (χ2v) is 6.68. The highest BCUT2D eigenvalue weighted by Gasteiger charge is 2.40. The van der Waals surface area contributed by atoms with Gasteiger partial charge in [0.1, 0.15) is 0 Å². The first kappa shape index (κ1) is 13.7. The van der Waals surface area contributed by atoms with Crippen molar-refractivity contribution in [3.8, 4) is 0 Å². The fourth-order valence-electron chi connectivity index (χ4n) is 2.15. The molecule has 2 rings (SSSR count). The van der Waals surface area contributed by atoms with Gasteiger partial charge < -0.3 is 10.4 Å². The lowest BCUT2D eigenvalue weighted by Crippen LogP contribution is -2.47. The van der Waals surface area contributed by atoms with Crippen molar-refractivity contribution in [2.24, 2.45) is 5.92 Å². The minimum atomic E-state index is -0.918. The van der Waals surface area contributed by atoms with Gasteiger partial charge in [0.2, 0.25) is 0 Å². The van der Waals surface area contributed by atoms with E-state index in [1.165, 1.54) is 12.8 Å². The van der Waals surface area contributed by atoms with Gasteiger partial charge in [0.05, 0.1) is 6.61 Å². The molecule has 1 aromatic carbocycles. The molecule has 0 bridgehead atoms. The van der Waals surface area contributed by atoms with E-state index in [4.69, 9.17) is 0 Å². The summed E-state index contributed by atoms with van der Waals surface area (Å²) >= 11 is 0. The Hall–Kier alpha value is -0.710. The van der Waals surface area contributed by atoms with E-state index in [9.17, 15) is 9.32 Å². The van der Waals surface area contributed by atoms with Crippen molar-refractivity contribution in [2.75, 3.05) is 12.9 Å². The van der Waals surface area contributed by atoms with Crippen LogP contribution in [0.3, 0.4) is 0 Å². The molecule has 4 heteroatoms. The van der Waals surface area contributed by atoms with Crippen molar-refractivity contribution in [2.45, 2.75) is 36.7 Å². The lowest BCUT2D eigenvalue weighted by Gasteiger charge is -2.29. The van der Waals surface area contributed by atoms with Gasteiger partial charge >= 0.3 is 0 Å². The van der Waals surface area contributed by atoms with Crippen LogP contribution in [0.25, 0.3) is 0 Å². The Labute approximate surface area is 111 Å². The van der Waals surface area contributed by atoms with E-state index in [0.717, 1.165) is 17.0 Å².